The van der Waals surface area contributed by atoms with Crippen molar-refractivity contribution in [3.63, 3.8) is 0 Å². The Labute approximate surface area is 90.4 Å². The van der Waals surface area contributed by atoms with Crippen LogP contribution in [0.25, 0.3) is 0 Å². The summed E-state index contributed by atoms with van der Waals surface area (Å²) in [5.74, 6) is 0.784. The van der Waals surface area contributed by atoms with Gasteiger partial charge in [0, 0.05) is 25.4 Å². The fourth-order valence-corrected chi connectivity index (χ4v) is 1.76. The Balaban J connectivity index is 2.45. The van der Waals surface area contributed by atoms with Gasteiger partial charge >= 0.3 is 0 Å². The van der Waals surface area contributed by atoms with Gasteiger partial charge in [0.05, 0.1) is 4.75 Å². The van der Waals surface area contributed by atoms with Crippen molar-refractivity contribution in [3.05, 3.63) is 18.2 Å². The molecule has 86 valence electrons. The second-order valence-electron chi connectivity index (χ2n) is 4.30. The Morgan fingerprint density at radius 3 is 2.60 bits per heavy atom. The van der Waals surface area contributed by atoms with E-state index in [0.29, 0.717) is 13.0 Å². The maximum atomic E-state index is 11.6. The van der Waals surface area contributed by atoms with Crippen molar-refractivity contribution in [3.8, 4) is 0 Å². The Morgan fingerprint density at radius 2 is 2.13 bits per heavy atom. The monoisotopic (exact) mass is 231 g/mol. The van der Waals surface area contributed by atoms with Crippen molar-refractivity contribution in [1.29, 1.82) is 0 Å². The highest BCUT2D eigenvalue weighted by Gasteiger charge is 2.28. The van der Waals surface area contributed by atoms with Crippen molar-refractivity contribution in [1.82, 2.24) is 14.7 Å². The number of imidazole rings is 1. The van der Waals surface area contributed by atoms with Crippen molar-refractivity contribution < 1.29 is 8.42 Å². The van der Waals surface area contributed by atoms with E-state index < -0.39 is 14.8 Å². The van der Waals surface area contributed by atoms with Gasteiger partial charge in [-0.05, 0) is 20.8 Å². The molecule has 15 heavy (non-hydrogen) atoms. The van der Waals surface area contributed by atoms with E-state index in [1.807, 2.05) is 0 Å². The molecule has 6 heteroatoms. The van der Waals surface area contributed by atoms with E-state index in [0.717, 1.165) is 5.82 Å². The minimum absolute atomic E-state index is 0.368. The van der Waals surface area contributed by atoms with E-state index in [-0.39, 0.29) is 0 Å². The standard InChI is InChI=1S/C9H17N3O2S/c1-9(2,3)15(13,14)12-5-4-8-10-6-7-11-8/h6-7,12H,4-5H2,1-3H3,(H,10,11). The molecular weight excluding hydrogens is 214 g/mol. The Morgan fingerprint density at radius 1 is 1.47 bits per heavy atom. The van der Waals surface area contributed by atoms with Crippen molar-refractivity contribution in [2.24, 2.45) is 0 Å². The van der Waals surface area contributed by atoms with Crippen molar-refractivity contribution >= 4 is 10.0 Å². The first-order chi connectivity index (χ1) is 6.83. The van der Waals surface area contributed by atoms with Gasteiger partial charge in [0.1, 0.15) is 5.82 Å². The molecule has 1 rings (SSSR count). The molecule has 1 aromatic heterocycles. The van der Waals surface area contributed by atoms with Crippen LogP contribution in [0.3, 0.4) is 0 Å². The van der Waals surface area contributed by atoms with Crippen LogP contribution in [0.4, 0.5) is 0 Å². The lowest BCUT2D eigenvalue weighted by Crippen LogP contribution is -2.40. The fraction of sp³-hybridized carbons (Fsp3) is 0.667. The second kappa shape index (κ2) is 4.32. The molecule has 0 atom stereocenters. The number of aromatic amines is 1. The molecule has 1 heterocycles. The van der Waals surface area contributed by atoms with E-state index >= 15 is 0 Å². The SMILES string of the molecule is CC(C)(C)S(=O)(=O)NCCc1ncc[nH]1. The summed E-state index contributed by atoms with van der Waals surface area (Å²) in [6, 6.07) is 0. The zero-order valence-corrected chi connectivity index (χ0v) is 10.1. The summed E-state index contributed by atoms with van der Waals surface area (Å²) in [4.78, 5) is 6.92. The lowest BCUT2D eigenvalue weighted by molar-refractivity contribution is 0.544. The van der Waals surface area contributed by atoms with Crippen LogP contribution in [-0.4, -0.2) is 29.7 Å². The first kappa shape index (κ1) is 12.2. The summed E-state index contributed by atoms with van der Waals surface area (Å²) in [6.45, 7) is 5.37. The number of rotatable bonds is 4. The number of hydrogen-bond acceptors (Lipinski definition) is 3. The van der Waals surface area contributed by atoms with Gasteiger partial charge in [0.15, 0.2) is 0 Å². The summed E-state index contributed by atoms with van der Waals surface area (Å²) >= 11 is 0. The molecule has 5 nitrogen and oxygen atoms in total. The number of nitrogens with one attached hydrogen (secondary N) is 2. The van der Waals surface area contributed by atoms with Gasteiger partial charge < -0.3 is 4.98 Å². The zero-order valence-electron chi connectivity index (χ0n) is 9.24. The lowest BCUT2D eigenvalue weighted by Gasteiger charge is -2.19. The third-order valence-corrected chi connectivity index (χ3v) is 4.21. The lowest BCUT2D eigenvalue weighted by atomic mass is 10.3. The van der Waals surface area contributed by atoms with E-state index in [1.165, 1.54) is 0 Å². The molecule has 2 N–H and O–H groups in total. The van der Waals surface area contributed by atoms with Crippen LogP contribution in [0.15, 0.2) is 12.4 Å². The molecule has 0 saturated heterocycles. The van der Waals surface area contributed by atoms with E-state index in [2.05, 4.69) is 14.7 Å². The predicted molar refractivity (Wildman–Crippen MR) is 59.0 cm³/mol. The number of hydrogen-bond donors (Lipinski definition) is 2. The normalized spacial score (nSPS) is 13.0. The van der Waals surface area contributed by atoms with Gasteiger partial charge in [0.2, 0.25) is 10.0 Å². The highest BCUT2D eigenvalue weighted by Crippen LogP contribution is 2.12. The maximum Gasteiger partial charge on any atom is 0.216 e. The summed E-state index contributed by atoms with van der Waals surface area (Å²) in [6.07, 6.45) is 3.93. The van der Waals surface area contributed by atoms with Crippen LogP contribution >= 0.6 is 0 Å². The minimum atomic E-state index is -3.24. The number of nitrogens with zero attached hydrogens (tertiary/aromatic N) is 1. The molecular formula is C9H17N3O2S. The van der Waals surface area contributed by atoms with Crippen LogP contribution < -0.4 is 4.72 Å². The first-order valence-corrected chi connectivity index (χ1v) is 6.29. The van der Waals surface area contributed by atoms with Crippen molar-refractivity contribution in [2.75, 3.05) is 6.54 Å². The molecule has 0 fully saturated rings. The quantitative estimate of drug-likeness (QED) is 0.799. The van der Waals surface area contributed by atoms with Gasteiger partial charge in [-0.2, -0.15) is 0 Å². The van der Waals surface area contributed by atoms with Gasteiger partial charge in [0.25, 0.3) is 0 Å². The molecule has 0 aliphatic rings. The summed E-state index contributed by atoms with van der Waals surface area (Å²) in [5.41, 5.74) is 0. The van der Waals surface area contributed by atoms with Gasteiger partial charge in [-0.1, -0.05) is 0 Å². The molecule has 0 saturated carbocycles. The number of H-pyrrole nitrogens is 1. The zero-order chi connectivity index (χ0) is 11.5. The summed E-state index contributed by atoms with van der Waals surface area (Å²) in [7, 11) is -3.24. The molecule has 0 aliphatic carbocycles. The minimum Gasteiger partial charge on any atom is -0.349 e. The Hall–Kier alpha value is -0.880. The summed E-state index contributed by atoms with van der Waals surface area (Å²) in [5, 5.41) is 0. The largest absolute Gasteiger partial charge is 0.349 e. The molecule has 0 amide bonds. The highest BCUT2D eigenvalue weighted by molar-refractivity contribution is 7.90. The summed E-state index contributed by atoms with van der Waals surface area (Å²) < 4.78 is 25.1. The third-order valence-electron chi connectivity index (χ3n) is 2.01. The fourth-order valence-electron chi connectivity index (χ4n) is 0.955. The average Bonchev–Trinajstić information content (AvgIpc) is 2.54. The average molecular weight is 231 g/mol. The number of aromatic nitrogens is 2. The van der Waals surface area contributed by atoms with Crippen LogP contribution in [-0.2, 0) is 16.4 Å². The molecule has 0 radical (unpaired) electrons. The van der Waals surface area contributed by atoms with Crippen LogP contribution in [0.5, 0.6) is 0 Å². The van der Waals surface area contributed by atoms with E-state index in [1.54, 1.807) is 33.2 Å². The van der Waals surface area contributed by atoms with Crippen LogP contribution in [0.1, 0.15) is 26.6 Å². The molecule has 0 bridgehead atoms. The molecule has 1 aromatic rings. The van der Waals surface area contributed by atoms with Crippen LogP contribution in [0, 0.1) is 0 Å². The third kappa shape index (κ3) is 3.32. The Bertz CT molecular complexity index is 389. The van der Waals surface area contributed by atoms with Gasteiger partial charge in [-0.25, -0.2) is 18.1 Å². The second-order valence-corrected chi connectivity index (χ2v) is 6.82. The van der Waals surface area contributed by atoms with Gasteiger partial charge in [-0.15, -0.1) is 0 Å². The molecule has 0 unspecified atom stereocenters. The van der Waals surface area contributed by atoms with Crippen molar-refractivity contribution in [2.45, 2.75) is 31.9 Å². The smallest absolute Gasteiger partial charge is 0.216 e. The van der Waals surface area contributed by atoms with E-state index in [4.69, 9.17) is 0 Å². The topological polar surface area (TPSA) is 74.8 Å². The maximum absolute atomic E-state index is 11.6. The Kier molecular flexibility index (Phi) is 3.51. The predicted octanol–water partition coefficient (Wildman–Crippen LogP) is 0.670. The van der Waals surface area contributed by atoms with Crippen LogP contribution in [0.2, 0.25) is 0 Å². The molecule has 0 spiro atoms. The highest BCUT2D eigenvalue weighted by atomic mass is 32.2. The van der Waals surface area contributed by atoms with Gasteiger partial charge in [-0.3, -0.25) is 0 Å². The number of sulfonamides is 1. The molecule has 0 aromatic carbocycles. The molecule has 0 aliphatic heterocycles. The van der Waals surface area contributed by atoms with E-state index in [9.17, 15) is 8.42 Å². The first-order valence-electron chi connectivity index (χ1n) is 4.80.